The molecule has 1 aromatic heterocycles. The molecule has 2 N–H and O–H groups in total. The number of carbonyl (C=O) groups is 1. The Balaban J connectivity index is 1.68. The fourth-order valence-corrected chi connectivity index (χ4v) is 1.91. The highest BCUT2D eigenvalue weighted by atomic mass is 16.2. The van der Waals surface area contributed by atoms with Gasteiger partial charge in [0.2, 0.25) is 0 Å². The largest absolute Gasteiger partial charge is 0.348 e. The maximum absolute atomic E-state index is 11.7. The van der Waals surface area contributed by atoms with E-state index in [1.807, 2.05) is 0 Å². The molecule has 1 aliphatic carbocycles. The molecule has 1 atom stereocenters. The minimum Gasteiger partial charge on any atom is -0.348 e. The van der Waals surface area contributed by atoms with E-state index in [-0.39, 0.29) is 5.91 Å². The molecule has 16 heavy (non-hydrogen) atoms. The van der Waals surface area contributed by atoms with Crippen LogP contribution in [0.4, 0.5) is 0 Å². The predicted molar refractivity (Wildman–Crippen MR) is 57.0 cm³/mol. The molecule has 2 fully saturated rings. The maximum atomic E-state index is 11.7. The number of aromatic nitrogens is 3. The number of amides is 1. The van der Waals surface area contributed by atoms with E-state index in [0.717, 1.165) is 32.4 Å². The summed E-state index contributed by atoms with van der Waals surface area (Å²) in [5.41, 5.74) is 0.429. The third kappa shape index (κ3) is 1.92. The molecule has 2 heterocycles. The molecule has 1 saturated carbocycles. The molecule has 0 bridgehead atoms. The molecular formula is C10H15N5O. The summed E-state index contributed by atoms with van der Waals surface area (Å²) in [6.07, 6.45) is 4.97. The lowest BCUT2D eigenvalue weighted by atomic mass is 10.3. The van der Waals surface area contributed by atoms with Crippen molar-refractivity contribution in [1.29, 1.82) is 0 Å². The highest BCUT2D eigenvalue weighted by Crippen LogP contribution is 2.19. The quantitative estimate of drug-likeness (QED) is 0.735. The lowest BCUT2D eigenvalue weighted by Crippen LogP contribution is -2.25. The SMILES string of the molecule is O=C(NC1CC1)c1cn([C@@H]2CCNC2)nn1. The second-order valence-electron chi connectivity index (χ2n) is 4.48. The molecule has 2 aliphatic rings. The molecule has 0 radical (unpaired) electrons. The Morgan fingerprint density at radius 3 is 3.06 bits per heavy atom. The van der Waals surface area contributed by atoms with Crippen LogP contribution in [0.15, 0.2) is 6.20 Å². The van der Waals surface area contributed by atoms with Gasteiger partial charge < -0.3 is 10.6 Å². The molecule has 0 unspecified atom stereocenters. The van der Waals surface area contributed by atoms with E-state index in [1.54, 1.807) is 10.9 Å². The minimum atomic E-state index is -0.0975. The second-order valence-corrected chi connectivity index (χ2v) is 4.48. The van der Waals surface area contributed by atoms with Crippen LogP contribution in [-0.4, -0.2) is 40.0 Å². The molecule has 1 aliphatic heterocycles. The van der Waals surface area contributed by atoms with Gasteiger partial charge in [0.25, 0.3) is 5.91 Å². The van der Waals surface area contributed by atoms with Gasteiger partial charge >= 0.3 is 0 Å². The van der Waals surface area contributed by atoms with E-state index in [4.69, 9.17) is 0 Å². The Bertz CT molecular complexity index is 392. The number of hydrogen-bond donors (Lipinski definition) is 2. The zero-order valence-electron chi connectivity index (χ0n) is 9.02. The van der Waals surface area contributed by atoms with E-state index in [1.165, 1.54) is 0 Å². The second kappa shape index (κ2) is 3.86. The number of nitrogens with one attached hydrogen (secondary N) is 2. The normalized spacial score (nSPS) is 24.6. The zero-order chi connectivity index (χ0) is 11.0. The summed E-state index contributed by atoms with van der Waals surface area (Å²) in [4.78, 5) is 11.7. The Kier molecular flexibility index (Phi) is 2.36. The highest BCUT2D eigenvalue weighted by molar-refractivity contribution is 5.92. The van der Waals surface area contributed by atoms with E-state index in [0.29, 0.717) is 17.8 Å². The molecule has 1 amide bonds. The molecule has 1 saturated heterocycles. The van der Waals surface area contributed by atoms with Crippen molar-refractivity contribution in [2.75, 3.05) is 13.1 Å². The number of hydrogen-bond acceptors (Lipinski definition) is 4. The van der Waals surface area contributed by atoms with E-state index >= 15 is 0 Å². The maximum Gasteiger partial charge on any atom is 0.273 e. The van der Waals surface area contributed by atoms with Gasteiger partial charge in [-0.05, 0) is 25.8 Å². The van der Waals surface area contributed by atoms with Crippen molar-refractivity contribution in [3.63, 3.8) is 0 Å². The van der Waals surface area contributed by atoms with Gasteiger partial charge in [-0.1, -0.05) is 5.21 Å². The van der Waals surface area contributed by atoms with Crippen molar-refractivity contribution in [2.24, 2.45) is 0 Å². The lowest BCUT2D eigenvalue weighted by Gasteiger charge is -2.06. The monoisotopic (exact) mass is 221 g/mol. The Labute approximate surface area is 93.4 Å². The Hall–Kier alpha value is -1.43. The molecule has 3 rings (SSSR count). The van der Waals surface area contributed by atoms with Crippen LogP contribution >= 0.6 is 0 Å². The van der Waals surface area contributed by atoms with E-state index in [2.05, 4.69) is 20.9 Å². The Morgan fingerprint density at radius 1 is 1.50 bits per heavy atom. The van der Waals surface area contributed by atoms with Crippen molar-refractivity contribution in [2.45, 2.75) is 31.3 Å². The minimum absolute atomic E-state index is 0.0975. The van der Waals surface area contributed by atoms with Crippen LogP contribution in [0, 0.1) is 0 Å². The molecule has 86 valence electrons. The van der Waals surface area contributed by atoms with Crippen LogP contribution in [0.3, 0.4) is 0 Å². The number of carbonyl (C=O) groups excluding carboxylic acids is 1. The number of nitrogens with zero attached hydrogens (tertiary/aromatic N) is 3. The molecule has 1 aromatic rings. The average Bonchev–Trinajstić information content (AvgIpc) is 2.84. The van der Waals surface area contributed by atoms with Gasteiger partial charge in [-0.3, -0.25) is 4.79 Å². The predicted octanol–water partition coefficient (Wildman–Crippen LogP) is -0.295. The topological polar surface area (TPSA) is 71.8 Å². The first-order valence-electron chi connectivity index (χ1n) is 5.76. The van der Waals surface area contributed by atoms with Crippen LogP contribution in [0.25, 0.3) is 0 Å². The van der Waals surface area contributed by atoms with Crippen molar-refractivity contribution >= 4 is 5.91 Å². The summed E-state index contributed by atoms with van der Waals surface area (Å²) < 4.78 is 1.79. The van der Waals surface area contributed by atoms with Crippen molar-refractivity contribution in [3.05, 3.63) is 11.9 Å². The van der Waals surface area contributed by atoms with Gasteiger partial charge in [-0.2, -0.15) is 0 Å². The van der Waals surface area contributed by atoms with Gasteiger partial charge in [0.1, 0.15) is 0 Å². The Morgan fingerprint density at radius 2 is 2.38 bits per heavy atom. The van der Waals surface area contributed by atoms with Gasteiger partial charge in [-0.15, -0.1) is 5.10 Å². The zero-order valence-corrected chi connectivity index (χ0v) is 9.02. The van der Waals surface area contributed by atoms with Gasteiger partial charge in [0.15, 0.2) is 5.69 Å². The smallest absolute Gasteiger partial charge is 0.273 e. The van der Waals surface area contributed by atoms with Gasteiger partial charge in [0, 0.05) is 12.6 Å². The summed E-state index contributed by atoms with van der Waals surface area (Å²) in [6.45, 7) is 1.92. The number of rotatable bonds is 3. The first kappa shape index (κ1) is 9.77. The average molecular weight is 221 g/mol. The highest BCUT2D eigenvalue weighted by Gasteiger charge is 2.26. The molecule has 0 spiro atoms. The molecule has 0 aromatic carbocycles. The first-order valence-corrected chi connectivity index (χ1v) is 5.76. The summed E-state index contributed by atoms with van der Waals surface area (Å²) in [6, 6.07) is 0.709. The van der Waals surface area contributed by atoms with Crippen molar-refractivity contribution in [1.82, 2.24) is 25.6 Å². The van der Waals surface area contributed by atoms with Crippen molar-refractivity contribution < 1.29 is 4.79 Å². The van der Waals surface area contributed by atoms with Crippen LogP contribution in [0.5, 0.6) is 0 Å². The summed E-state index contributed by atoms with van der Waals surface area (Å²) in [5.74, 6) is -0.0975. The van der Waals surface area contributed by atoms with Crippen LogP contribution in [-0.2, 0) is 0 Å². The van der Waals surface area contributed by atoms with Crippen LogP contribution < -0.4 is 10.6 Å². The van der Waals surface area contributed by atoms with Gasteiger partial charge in [0.05, 0.1) is 12.2 Å². The third-order valence-electron chi connectivity index (χ3n) is 3.06. The van der Waals surface area contributed by atoms with Crippen LogP contribution in [0.1, 0.15) is 35.8 Å². The standard InChI is InChI=1S/C10H15N5O/c16-10(12-7-1-2-7)9-6-15(14-13-9)8-3-4-11-5-8/h6-8,11H,1-5H2,(H,12,16)/t8-/m1/s1. The van der Waals surface area contributed by atoms with E-state index < -0.39 is 0 Å². The van der Waals surface area contributed by atoms with E-state index in [9.17, 15) is 4.79 Å². The summed E-state index contributed by atoms with van der Waals surface area (Å²) >= 11 is 0. The van der Waals surface area contributed by atoms with Crippen molar-refractivity contribution in [3.8, 4) is 0 Å². The molecular weight excluding hydrogens is 206 g/mol. The molecule has 6 nitrogen and oxygen atoms in total. The summed E-state index contributed by atoms with van der Waals surface area (Å²) in [7, 11) is 0. The van der Waals surface area contributed by atoms with Gasteiger partial charge in [-0.25, -0.2) is 4.68 Å². The lowest BCUT2D eigenvalue weighted by molar-refractivity contribution is 0.0946. The summed E-state index contributed by atoms with van der Waals surface area (Å²) in [5, 5.41) is 14.1. The fraction of sp³-hybridized carbons (Fsp3) is 0.700. The third-order valence-corrected chi connectivity index (χ3v) is 3.06. The fourth-order valence-electron chi connectivity index (χ4n) is 1.91. The van der Waals surface area contributed by atoms with Crippen LogP contribution in [0.2, 0.25) is 0 Å². The first-order chi connectivity index (χ1) is 7.83. The molecule has 6 heteroatoms.